The molecule has 3 heteroatoms. The summed E-state index contributed by atoms with van der Waals surface area (Å²) in [4.78, 5) is 0. The molecule has 0 aliphatic heterocycles. The molecule has 0 bridgehead atoms. The van der Waals surface area contributed by atoms with Gasteiger partial charge in [-0.2, -0.15) is 0 Å². The molecule has 0 aliphatic rings. The number of hydrogen-bond donors (Lipinski definition) is 2. The first-order valence-electron chi connectivity index (χ1n) is 4.67. The number of nitrogens with two attached hydrogens (primary N) is 2. The van der Waals surface area contributed by atoms with Crippen LogP contribution < -0.4 is 11.5 Å². The molecule has 0 radical (unpaired) electrons. The minimum absolute atomic E-state index is 0.00375. The average Bonchev–Trinajstić information content (AvgIpc) is 2.43. The van der Waals surface area contributed by atoms with E-state index in [9.17, 15) is 0 Å². The van der Waals surface area contributed by atoms with Crippen LogP contribution in [0, 0.1) is 13.8 Å². The van der Waals surface area contributed by atoms with Gasteiger partial charge in [-0.05, 0) is 44.9 Å². The van der Waals surface area contributed by atoms with Crippen LogP contribution in [0.25, 0.3) is 0 Å². The van der Waals surface area contributed by atoms with E-state index in [1.54, 1.807) is 0 Å². The molecule has 0 amide bonds. The van der Waals surface area contributed by atoms with Crippen LogP contribution in [0.4, 0.5) is 0 Å². The van der Waals surface area contributed by atoms with Gasteiger partial charge in [-0.3, -0.25) is 0 Å². The van der Waals surface area contributed by atoms with Crippen molar-refractivity contribution in [3.05, 3.63) is 23.2 Å². The molecule has 0 aliphatic carbocycles. The van der Waals surface area contributed by atoms with E-state index in [0.29, 0.717) is 6.54 Å². The van der Waals surface area contributed by atoms with Crippen molar-refractivity contribution in [2.24, 2.45) is 11.5 Å². The van der Waals surface area contributed by atoms with Gasteiger partial charge in [0.25, 0.3) is 0 Å². The Morgan fingerprint density at radius 2 is 2.15 bits per heavy atom. The molecule has 1 aromatic rings. The standard InChI is InChI=1S/C10H18N2O/c1-7-6-10(13-8(7)2)9(12)4-3-5-11/h6,9H,3-5,11-12H2,1-2H3/t9-/m1/s1. The average molecular weight is 182 g/mol. The fourth-order valence-electron chi connectivity index (χ4n) is 1.26. The number of furan rings is 1. The Kier molecular flexibility index (Phi) is 3.51. The molecule has 0 saturated carbocycles. The highest BCUT2D eigenvalue weighted by atomic mass is 16.3. The van der Waals surface area contributed by atoms with Crippen LogP contribution >= 0.6 is 0 Å². The highest BCUT2D eigenvalue weighted by Crippen LogP contribution is 2.21. The quantitative estimate of drug-likeness (QED) is 0.743. The third kappa shape index (κ3) is 2.57. The monoisotopic (exact) mass is 182 g/mol. The van der Waals surface area contributed by atoms with E-state index in [0.717, 1.165) is 29.9 Å². The van der Waals surface area contributed by atoms with E-state index in [-0.39, 0.29) is 6.04 Å². The number of rotatable bonds is 4. The zero-order chi connectivity index (χ0) is 9.84. The molecule has 0 saturated heterocycles. The summed E-state index contributed by atoms with van der Waals surface area (Å²) in [6, 6.07) is 2.01. The molecule has 0 spiro atoms. The van der Waals surface area contributed by atoms with Crippen molar-refractivity contribution in [3.63, 3.8) is 0 Å². The summed E-state index contributed by atoms with van der Waals surface area (Å²) in [6.07, 6.45) is 1.84. The molecular formula is C10H18N2O. The lowest BCUT2D eigenvalue weighted by atomic mass is 10.1. The molecule has 1 heterocycles. The molecule has 3 nitrogen and oxygen atoms in total. The predicted octanol–water partition coefficient (Wildman–Crippen LogP) is 1.64. The molecule has 1 rings (SSSR count). The second kappa shape index (κ2) is 4.44. The first-order chi connectivity index (χ1) is 6.15. The second-order valence-electron chi connectivity index (χ2n) is 3.43. The smallest absolute Gasteiger partial charge is 0.121 e. The SMILES string of the molecule is Cc1cc([C@H](N)CCCN)oc1C. The summed E-state index contributed by atoms with van der Waals surface area (Å²) in [7, 11) is 0. The molecular weight excluding hydrogens is 164 g/mol. The summed E-state index contributed by atoms with van der Waals surface area (Å²) in [6.45, 7) is 4.67. The first kappa shape index (κ1) is 10.3. The molecule has 1 aromatic heterocycles. The van der Waals surface area contributed by atoms with Crippen LogP contribution in [0.1, 0.15) is 36.0 Å². The minimum Gasteiger partial charge on any atom is -0.464 e. The van der Waals surface area contributed by atoms with Crippen molar-refractivity contribution < 1.29 is 4.42 Å². The van der Waals surface area contributed by atoms with E-state index in [1.807, 2.05) is 19.9 Å². The number of aryl methyl sites for hydroxylation is 2. The zero-order valence-electron chi connectivity index (χ0n) is 8.34. The first-order valence-corrected chi connectivity index (χ1v) is 4.67. The van der Waals surface area contributed by atoms with Gasteiger partial charge in [-0.15, -0.1) is 0 Å². The Morgan fingerprint density at radius 3 is 2.62 bits per heavy atom. The summed E-state index contributed by atoms with van der Waals surface area (Å²) in [5.41, 5.74) is 12.5. The largest absolute Gasteiger partial charge is 0.464 e. The molecule has 0 fully saturated rings. The van der Waals surface area contributed by atoms with Crippen molar-refractivity contribution in [3.8, 4) is 0 Å². The van der Waals surface area contributed by atoms with E-state index < -0.39 is 0 Å². The maximum atomic E-state index is 5.91. The van der Waals surface area contributed by atoms with Gasteiger partial charge in [-0.25, -0.2) is 0 Å². The summed E-state index contributed by atoms with van der Waals surface area (Å²) < 4.78 is 5.51. The molecule has 13 heavy (non-hydrogen) atoms. The van der Waals surface area contributed by atoms with Crippen LogP contribution in [0.2, 0.25) is 0 Å². The van der Waals surface area contributed by atoms with Crippen LogP contribution in [0.3, 0.4) is 0 Å². The Balaban J connectivity index is 2.60. The van der Waals surface area contributed by atoms with Gasteiger partial charge >= 0.3 is 0 Å². The molecule has 0 aromatic carbocycles. The fraction of sp³-hybridized carbons (Fsp3) is 0.600. The summed E-state index contributed by atoms with van der Waals surface area (Å²) in [5.74, 6) is 1.83. The maximum absolute atomic E-state index is 5.91. The van der Waals surface area contributed by atoms with Gasteiger partial charge < -0.3 is 15.9 Å². The Hall–Kier alpha value is -0.800. The predicted molar refractivity (Wildman–Crippen MR) is 53.4 cm³/mol. The lowest BCUT2D eigenvalue weighted by Crippen LogP contribution is -2.11. The minimum atomic E-state index is -0.00375. The molecule has 74 valence electrons. The third-order valence-electron chi connectivity index (χ3n) is 2.27. The van der Waals surface area contributed by atoms with Gasteiger partial charge in [0.2, 0.25) is 0 Å². The van der Waals surface area contributed by atoms with E-state index in [4.69, 9.17) is 15.9 Å². The van der Waals surface area contributed by atoms with Crippen molar-refractivity contribution >= 4 is 0 Å². The summed E-state index contributed by atoms with van der Waals surface area (Å²) in [5, 5.41) is 0. The Bertz CT molecular complexity index is 248. The molecule has 4 N–H and O–H groups in total. The molecule has 1 atom stereocenters. The van der Waals surface area contributed by atoms with Gasteiger partial charge in [0.1, 0.15) is 11.5 Å². The van der Waals surface area contributed by atoms with E-state index in [1.165, 1.54) is 0 Å². The van der Waals surface area contributed by atoms with Crippen LogP contribution in [0.5, 0.6) is 0 Å². The van der Waals surface area contributed by atoms with Crippen molar-refractivity contribution in [2.45, 2.75) is 32.7 Å². The van der Waals surface area contributed by atoms with Crippen LogP contribution in [0.15, 0.2) is 10.5 Å². The second-order valence-corrected chi connectivity index (χ2v) is 3.43. The lowest BCUT2D eigenvalue weighted by molar-refractivity contribution is 0.430. The molecule has 0 unspecified atom stereocenters. The van der Waals surface area contributed by atoms with Gasteiger partial charge in [0.05, 0.1) is 6.04 Å². The lowest BCUT2D eigenvalue weighted by Gasteiger charge is -2.06. The Labute approximate surface area is 79.1 Å². The van der Waals surface area contributed by atoms with E-state index >= 15 is 0 Å². The van der Waals surface area contributed by atoms with Crippen LogP contribution in [-0.2, 0) is 0 Å². The topological polar surface area (TPSA) is 65.2 Å². The van der Waals surface area contributed by atoms with E-state index in [2.05, 4.69) is 0 Å². The number of hydrogen-bond acceptors (Lipinski definition) is 3. The van der Waals surface area contributed by atoms with Gasteiger partial charge in [0, 0.05) is 0 Å². The van der Waals surface area contributed by atoms with Crippen molar-refractivity contribution in [1.29, 1.82) is 0 Å². The van der Waals surface area contributed by atoms with Crippen molar-refractivity contribution in [2.75, 3.05) is 6.54 Å². The van der Waals surface area contributed by atoms with Crippen molar-refractivity contribution in [1.82, 2.24) is 0 Å². The van der Waals surface area contributed by atoms with Gasteiger partial charge in [-0.1, -0.05) is 0 Å². The highest BCUT2D eigenvalue weighted by molar-refractivity contribution is 5.20. The summed E-state index contributed by atoms with van der Waals surface area (Å²) >= 11 is 0. The maximum Gasteiger partial charge on any atom is 0.121 e. The zero-order valence-corrected chi connectivity index (χ0v) is 8.34. The fourth-order valence-corrected chi connectivity index (χ4v) is 1.26. The Morgan fingerprint density at radius 1 is 1.46 bits per heavy atom. The normalized spacial score (nSPS) is 13.2. The highest BCUT2D eigenvalue weighted by Gasteiger charge is 2.11. The van der Waals surface area contributed by atoms with Gasteiger partial charge in [0.15, 0.2) is 0 Å². The third-order valence-corrected chi connectivity index (χ3v) is 2.27. The van der Waals surface area contributed by atoms with Crippen LogP contribution in [-0.4, -0.2) is 6.54 Å².